The first-order chi connectivity index (χ1) is 7.04. The molecule has 4 nitrogen and oxygen atoms in total. The summed E-state index contributed by atoms with van der Waals surface area (Å²) in [5, 5.41) is 9.29. The molecule has 0 bridgehead atoms. The minimum absolute atomic E-state index is 0.122. The van der Waals surface area contributed by atoms with Crippen molar-refractivity contribution >= 4 is 5.97 Å². The Labute approximate surface area is 88.4 Å². The maximum atomic E-state index is 10.9. The first-order valence-corrected chi connectivity index (χ1v) is 4.54. The van der Waals surface area contributed by atoms with E-state index in [1.165, 1.54) is 7.11 Å². The zero-order valence-corrected chi connectivity index (χ0v) is 9.03. The molecule has 0 aliphatic carbocycles. The van der Waals surface area contributed by atoms with E-state index in [1.54, 1.807) is 26.0 Å². The second-order valence-corrected chi connectivity index (χ2v) is 3.27. The Kier molecular flexibility index (Phi) is 3.55. The molecule has 1 N–H and O–H groups in total. The second-order valence-electron chi connectivity index (χ2n) is 3.27. The van der Waals surface area contributed by atoms with Gasteiger partial charge in [0, 0.05) is 0 Å². The predicted molar refractivity (Wildman–Crippen MR) is 55.1 cm³/mol. The fraction of sp³-hybridized carbons (Fsp3) is 0.364. The van der Waals surface area contributed by atoms with E-state index >= 15 is 0 Å². The number of methoxy groups -OCH3 is 1. The molecule has 0 fully saturated rings. The summed E-state index contributed by atoms with van der Waals surface area (Å²) in [4.78, 5) is 10.9. The summed E-state index contributed by atoms with van der Waals surface area (Å²) in [5.74, 6) is 0.371. The SMILES string of the molecule is COC(=O)COc1c(C)cc(O)cc1C. The Balaban J connectivity index is 2.81. The Morgan fingerprint density at radius 1 is 1.33 bits per heavy atom. The molecular formula is C11H14O4. The Hall–Kier alpha value is -1.71. The van der Waals surface area contributed by atoms with Gasteiger partial charge in [-0.3, -0.25) is 0 Å². The van der Waals surface area contributed by atoms with E-state index in [1.807, 2.05) is 0 Å². The van der Waals surface area contributed by atoms with Crippen LogP contribution in [0.3, 0.4) is 0 Å². The maximum absolute atomic E-state index is 10.9. The van der Waals surface area contributed by atoms with Crippen LogP contribution in [0.2, 0.25) is 0 Å². The molecule has 0 heterocycles. The molecule has 0 unspecified atom stereocenters. The molecule has 1 rings (SSSR count). The average molecular weight is 210 g/mol. The third kappa shape index (κ3) is 2.87. The van der Waals surface area contributed by atoms with E-state index in [4.69, 9.17) is 4.74 Å². The number of carbonyl (C=O) groups is 1. The van der Waals surface area contributed by atoms with Crippen LogP contribution in [-0.4, -0.2) is 24.8 Å². The van der Waals surface area contributed by atoms with Gasteiger partial charge < -0.3 is 14.6 Å². The van der Waals surface area contributed by atoms with E-state index in [0.29, 0.717) is 5.75 Å². The van der Waals surface area contributed by atoms with Gasteiger partial charge in [0.15, 0.2) is 6.61 Å². The van der Waals surface area contributed by atoms with Gasteiger partial charge in [-0.15, -0.1) is 0 Å². The lowest BCUT2D eigenvalue weighted by Gasteiger charge is -2.11. The third-order valence-corrected chi connectivity index (χ3v) is 2.01. The van der Waals surface area contributed by atoms with Crippen molar-refractivity contribution in [2.24, 2.45) is 0 Å². The van der Waals surface area contributed by atoms with Crippen LogP contribution in [-0.2, 0) is 9.53 Å². The van der Waals surface area contributed by atoms with Crippen LogP contribution >= 0.6 is 0 Å². The number of aromatic hydroxyl groups is 1. The molecule has 1 aromatic rings. The van der Waals surface area contributed by atoms with Gasteiger partial charge in [-0.1, -0.05) is 0 Å². The summed E-state index contributed by atoms with van der Waals surface area (Å²) in [7, 11) is 1.31. The van der Waals surface area contributed by atoms with E-state index in [9.17, 15) is 9.90 Å². The predicted octanol–water partition coefficient (Wildman–Crippen LogP) is 1.56. The summed E-state index contributed by atoms with van der Waals surface area (Å²) < 4.78 is 9.75. The monoisotopic (exact) mass is 210 g/mol. The van der Waals surface area contributed by atoms with Gasteiger partial charge in [-0.05, 0) is 37.1 Å². The van der Waals surface area contributed by atoms with Crippen molar-refractivity contribution in [2.75, 3.05) is 13.7 Å². The highest BCUT2D eigenvalue weighted by Gasteiger charge is 2.08. The number of esters is 1. The van der Waals surface area contributed by atoms with Crippen molar-refractivity contribution in [1.82, 2.24) is 0 Å². The van der Waals surface area contributed by atoms with Crippen LogP contribution in [0.5, 0.6) is 11.5 Å². The molecule has 0 saturated heterocycles. The lowest BCUT2D eigenvalue weighted by molar-refractivity contribution is -0.142. The van der Waals surface area contributed by atoms with Gasteiger partial charge in [-0.25, -0.2) is 4.79 Å². The highest BCUT2D eigenvalue weighted by atomic mass is 16.6. The molecule has 0 amide bonds. The number of hydrogen-bond donors (Lipinski definition) is 1. The second kappa shape index (κ2) is 4.68. The first-order valence-electron chi connectivity index (χ1n) is 4.54. The average Bonchev–Trinajstić information content (AvgIpc) is 2.15. The van der Waals surface area contributed by atoms with Crippen LogP contribution in [0.15, 0.2) is 12.1 Å². The summed E-state index contributed by atoms with van der Waals surface area (Å²) in [6.45, 7) is 3.49. The van der Waals surface area contributed by atoms with Crippen molar-refractivity contribution in [3.05, 3.63) is 23.3 Å². The number of hydrogen-bond acceptors (Lipinski definition) is 4. The minimum Gasteiger partial charge on any atom is -0.508 e. The smallest absolute Gasteiger partial charge is 0.343 e. The molecule has 0 aliphatic heterocycles. The summed E-state index contributed by atoms with van der Waals surface area (Å²) >= 11 is 0. The zero-order valence-electron chi connectivity index (χ0n) is 9.03. The quantitative estimate of drug-likeness (QED) is 0.769. The maximum Gasteiger partial charge on any atom is 0.343 e. The van der Waals surface area contributed by atoms with Crippen LogP contribution in [0, 0.1) is 13.8 Å². The van der Waals surface area contributed by atoms with E-state index < -0.39 is 5.97 Å². The van der Waals surface area contributed by atoms with Crippen LogP contribution < -0.4 is 4.74 Å². The van der Waals surface area contributed by atoms with Crippen molar-refractivity contribution in [1.29, 1.82) is 0 Å². The molecule has 15 heavy (non-hydrogen) atoms. The Bertz CT molecular complexity index is 348. The van der Waals surface area contributed by atoms with Crippen LogP contribution in [0.1, 0.15) is 11.1 Å². The fourth-order valence-corrected chi connectivity index (χ4v) is 1.35. The number of aryl methyl sites for hydroxylation is 2. The summed E-state index contributed by atoms with van der Waals surface area (Å²) in [5.41, 5.74) is 1.58. The number of benzene rings is 1. The Morgan fingerprint density at radius 3 is 2.33 bits per heavy atom. The molecule has 1 aromatic carbocycles. The highest BCUT2D eigenvalue weighted by Crippen LogP contribution is 2.27. The van der Waals surface area contributed by atoms with E-state index in [-0.39, 0.29) is 12.4 Å². The molecule has 4 heteroatoms. The van der Waals surface area contributed by atoms with Crippen molar-refractivity contribution < 1.29 is 19.4 Å². The van der Waals surface area contributed by atoms with E-state index in [0.717, 1.165) is 11.1 Å². The van der Waals surface area contributed by atoms with Crippen molar-refractivity contribution in [3.8, 4) is 11.5 Å². The van der Waals surface area contributed by atoms with Gasteiger partial charge in [0.2, 0.25) is 0 Å². The van der Waals surface area contributed by atoms with Crippen LogP contribution in [0.4, 0.5) is 0 Å². The number of phenolic OH excluding ortho intramolecular Hbond substituents is 1. The molecule has 82 valence electrons. The molecule has 0 radical (unpaired) electrons. The normalized spacial score (nSPS) is 9.80. The van der Waals surface area contributed by atoms with Gasteiger partial charge in [0.1, 0.15) is 11.5 Å². The van der Waals surface area contributed by atoms with Gasteiger partial charge in [0.05, 0.1) is 7.11 Å². The van der Waals surface area contributed by atoms with Gasteiger partial charge >= 0.3 is 5.97 Å². The first kappa shape index (κ1) is 11.4. The van der Waals surface area contributed by atoms with E-state index in [2.05, 4.69) is 4.74 Å². The van der Waals surface area contributed by atoms with Crippen LogP contribution in [0.25, 0.3) is 0 Å². The molecule has 0 aliphatic rings. The lowest BCUT2D eigenvalue weighted by Crippen LogP contribution is -2.13. The zero-order chi connectivity index (χ0) is 11.4. The molecule has 0 aromatic heterocycles. The topological polar surface area (TPSA) is 55.8 Å². The van der Waals surface area contributed by atoms with Gasteiger partial charge in [0.25, 0.3) is 0 Å². The number of ether oxygens (including phenoxy) is 2. The third-order valence-electron chi connectivity index (χ3n) is 2.01. The highest BCUT2D eigenvalue weighted by molar-refractivity contribution is 5.71. The largest absolute Gasteiger partial charge is 0.508 e. The Morgan fingerprint density at radius 2 is 1.87 bits per heavy atom. The van der Waals surface area contributed by atoms with Crippen molar-refractivity contribution in [3.63, 3.8) is 0 Å². The molecular weight excluding hydrogens is 196 g/mol. The summed E-state index contributed by atoms with van der Waals surface area (Å²) in [6.07, 6.45) is 0. The molecule has 0 saturated carbocycles. The van der Waals surface area contributed by atoms with Crippen molar-refractivity contribution in [2.45, 2.75) is 13.8 Å². The lowest BCUT2D eigenvalue weighted by atomic mass is 10.1. The minimum atomic E-state index is -0.429. The molecule has 0 spiro atoms. The summed E-state index contributed by atoms with van der Waals surface area (Å²) in [6, 6.07) is 3.17. The number of phenols is 1. The number of carbonyl (C=O) groups excluding carboxylic acids is 1. The molecule has 0 atom stereocenters. The number of rotatable bonds is 3. The standard InChI is InChI=1S/C11H14O4/c1-7-4-9(12)5-8(2)11(7)15-6-10(13)14-3/h4-5,12H,6H2,1-3H3. The van der Waals surface area contributed by atoms with Gasteiger partial charge in [-0.2, -0.15) is 0 Å². The fourth-order valence-electron chi connectivity index (χ4n) is 1.35.